The van der Waals surface area contributed by atoms with Crippen LogP contribution in [0, 0.1) is 5.82 Å². The van der Waals surface area contributed by atoms with Crippen molar-refractivity contribution in [2.75, 3.05) is 0 Å². The van der Waals surface area contributed by atoms with Crippen molar-refractivity contribution in [2.45, 2.75) is 26.0 Å². The molecular formula is C14H15FN2O2. The Labute approximate surface area is 110 Å². The lowest BCUT2D eigenvalue weighted by Crippen LogP contribution is -2.34. The van der Waals surface area contributed by atoms with Gasteiger partial charge in [0.1, 0.15) is 5.82 Å². The summed E-state index contributed by atoms with van der Waals surface area (Å²) in [5.41, 5.74) is -0.0409. The molecule has 0 aliphatic carbocycles. The number of nitrogens with zero attached hydrogens (tertiary/aromatic N) is 2. The molecule has 2 aromatic rings. The van der Waals surface area contributed by atoms with Crippen LogP contribution in [0.2, 0.25) is 0 Å². The van der Waals surface area contributed by atoms with Gasteiger partial charge in [0.25, 0.3) is 5.56 Å². The van der Waals surface area contributed by atoms with Gasteiger partial charge in [-0.15, -0.1) is 0 Å². The first kappa shape index (κ1) is 13.4. The third-order valence-electron chi connectivity index (χ3n) is 2.54. The average Bonchev–Trinajstić information content (AvgIpc) is 2.31. The maximum Gasteiger partial charge on any atom is 0.266 e. The molecule has 1 aromatic carbocycles. The molecule has 0 spiro atoms. The lowest BCUT2D eigenvalue weighted by molar-refractivity contribution is 0.0562. The van der Waals surface area contributed by atoms with Crippen LogP contribution < -0.4 is 5.56 Å². The lowest BCUT2D eigenvalue weighted by Gasteiger charge is -2.17. The van der Waals surface area contributed by atoms with Crippen LogP contribution in [0.15, 0.2) is 41.2 Å². The molecule has 0 radical (unpaired) electrons. The number of benzene rings is 1. The van der Waals surface area contributed by atoms with Gasteiger partial charge in [0.15, 0.2) is 0 Å². The van der Waals surface area contributed by atoms with Crippen LogP contribution in [0.5, 0.6) is 0 Å². The van der Waals surface area contributed by atoms with Gasteiger partial charge in [-0.3, -0.25) is 4.79 Å². The molecule has 0 amide bonds. The topological polar surface area (TPSA) is 55.1 Å². The van der Waals surface area contributed by atoms with E-state index in [0.29, 0.717) is 11.3 Å². The molecule has 1 heterocycles. The molecule has 1 N–H and O–H groups in total. The van der Waals surface area contributed by atoms with Gasteiger partial charge >= 0.3 is 0 Å². The molecule has 100 valence electrons. The van der Waals surface area contributed by atoms with Crippen molar-refractivity contribution < 1.29 is 9.50 Å². The minimum atomic E-state index is -1.03. The van der Waals surface area contributed by atoms with Crippen LogP contribution in [0.4, 0.5) is 4.39 Å². The summed E-state index contributed by atoms with van der Waals surface area (Å²) >= 11 is 0. The molecule has 0 aliphatic rings. The Kier molecular flexibility index (Phi) is 3.48. The zero-order chi connectivity index (χ0) is 14.0. The maximum absolute atomic E-state index is 12.9. The molecule has 0 saturated heterocycles. The zero-order valence-electron chi connectivity index (χ0n) is 10.8. The zero-order valence-corrected chi connectivity index (χ0v) is 10.8. The average molecular weight is 262 g/mol. The van der Waals surface area contributed by atoms with E-state index in [1.807, 2.05) is 0 Å². The summed E-state index contributed by atoms with van der Waals surface area (Å²) in [6.45, 7) is 3.30. The molecule has 19 heavy (non-hydrogen) atoms. The van der Waals surface area contributed by atoms with E-state index in [1.165, 1.54) is 22.9 Å². The Hall–Kier alpha value is -2.01. The van der Waals surface area contributed by atoms with E-state index in [4.69, 9.17) is 0 Å². The van der Waals surface area contributed by atoms with E-state index in [0.717, 1.165) is 0 Å². The minimum Gasteiger partial charge on any atom is -0.389 e. The second kappa shape index (κ2) is 4.93. The second-order valence-electron chi connectivity index (χ2n) is 5.03. The molecule has 0 bridgehead atoms. The molecule has 5 heteroatoms. The normalized spacial score (nSPS) is 11.6. The predicted octanol–water partition coefficient (Wildman–Crippen LogP) is 1.82. The van der Waals surface area contributed by atoms with Gasteiger partial charge in [-0.25, -0.2) is 9.07 Å². The second-order valence-corrected chi connectivity index (χ2v) is 5.03. The van der Waals surface area contributed by atoms with Crippen LogP contribution in [0.3, 0.4) is 0 Å². The van der Waals surface area contributed by atoms with Crippen molar-refractivity contribution >= 4 is 0 Å². The van der Waals surface area contributed by atoms with E-state index < -0.39 is 5.60 Å². The van der Waals surface area contributed by atoms with Crippen LogP contribution in [0.1, 0.15) is 13.8 Å². The Morgan fingerprint density at radius 1 is 1.21 bits per heavy atom. The number of aromatic nitrogens is 2. The first-order chi connectivity index (χ1) is 8.85. The van der Waals surface area contributed by atoms with E-state index >= 15 is 0 Å². The molecule has 0 unspecified atom stereocenters. The fourth-order valence-corrected chi connectivity index (χ4v) is 1.70. The van der Waals surface area contributed by atoms with Crippen LogP contribution in [-0.4, -0.2) is 20.5 Å². The number of rotatable bonds is 3. The molecule has 0 aliphatic heterocycles. The van der Waals surface area contributed by atoms with E-state index in [1.54, 1.807) is 32.0 Å². The summed E-state index contributed by atoms with van der Waals surface area (Å²) in [6.07, 6.45) is 0. The van der Waals surface area contributed by atoms with Gasteiger partial charge < -0.3 is 5.11 Å². The fourth-order valence-electron chi connectivity index (χ4n) is 1.70. The highest BCUT2D eigenvalue weighted by Crippen LogP contribution is 2.16. The summed E-state index contributed by atoms with van der Waals surface area (Å²) in [7, 11) is 0. The quantitative estimate of drug-likeness (QED) is 0.918. The number of hydrogen-bond donors (Lipinski definition) is 1. The Bertz CT molecular complexity index is 627. The van der Waals surface area contributed by atoms with Crippen molar-refractivity contribution in [2.24, 2.45) is 0 Å². The smallest absolute Gasteiger partial charge is 0.266 e. The molecule has 4 nitrogen and oxygen atoms in total. The Morgan fingerprint density at radius 3 is 2.42 bits per heavy atom. The van der Waals surface area contributed by atoms with Crippen LogP contribution >= 0.6 is 0 Å². The van der Waals surface area contributed by atoms with Crippen molar-refractivity contribution in [3.05, 3.63) is 52.6 Å². The standard InChI is InChI=1S/C14H15FN2O2/c1-14(2,19)9-17-13(18)8-7-12(16-17)10-3-5-11(15)6-4-10/h3-8,19H,9H2,1-2H3. The lowest BCUT2D eigenvalue weighted by atomic mass is 10.1. The fraction of sp³-hybridized carbons (Fsp3) is 0.286. The third-order valence-corrected chi connectivity index (χ3v) is 2.54. The van der Waals surface area contributed by atoms with Gasteiger partial charge in [-0.05, 0) is 44.2 Å². The van der Waals surface area contributed by atoms with Gasteiger partial charge in [0, 0.05) is 11.6 Å². The summed E-state index contributed by atoms with van der Waals surface area (Å²) in [5, 5.41) is 13.9. The van der Waals surface area contributed by atoms with E-state index in [2.05, 4.69) is 5.10 Å². The molecule has 0 fully saturated rings. The summed E-state index contributed by atoms with van der Waals surface area (Å²) in [5.74, 6) is -0.325. The Morgan fingerprint density at radius 2 is 1.84 bits per heavy atom. The van der Waals surface area contributed by atoms with Gasteiger partial charge in [0.2, 0.25) is 0 Å². The largest absolute Gasteiger partial charge is 0.389 e. The first-order valence-corrected chi connectivity index (χ1v) is 5.92. The van der Waals surface area contributed by atoms with Crippen molar-refractivity contribution in [1.82, 2.24) is 9.78 Å². The number of hydrogen-bond acceptors (Lipinski definition) is 3. The molecule has 1 aromatic heterocycles. The van der Waals surface area contributed by atoms with Crippen molar-refractivity contribution in [1.29, 1.82) is 0 Å². The SMILES string of the molecule is CC(C)(O)Cn1nc(-c2ccc(F)cc2)ccc1=O. The molecular weight excluding hydrogens is 247 g/mol. The summed E-state index contributed by atoms with van der Waals surface area (Å²) in [6, 6.07) is 8.83. The molecule has 0 atom stereocenters. The first-order valence-electron chi connectivity index (χ1n) is 5.92. The predicted molar refractivity (Wildman–Crippen MR) is 70.2 cm³/mol. The molecule has 2 rings (SSSR count). The minimum absolute atomic E-state index is 0.0981. The van der Waals surface area contributed by atoms with Gasteiger partial charge in [0.05, 0.1) is 17.8 Å². The van der Waals surface area contributed by atoms with Gasteiger partial charge in [-0.1, -0.05) is 0 Å². The number of halogens is 1. The third kappa shape index (κ3) is 3.48. The summed E-state index contributed by atoms with van der Waals surface area (Å²) < 4.78 is 14.1. The van der Waals surface area contributed by atoms with Gasteiger partial charge in [-0.2, -0.15) is 5.10 Å². The van der Waals surface area contributed by atoms with E-state index in [9.17, 15) is 14.3 Å². The van der Waals surface area contributed by atoms with Crippen LogP contribution in [-0.2, 0) is 6.54 Å². The monoisotopic (exact) mass is 262 g/mol. The Balaban J connectivity index is 2.41. The summed E-state index contributed by atoms with van der Waals surface area (Å²) in [4.78, 5) is 11.7. The van der Waals surface area contributed by atoms with Crippen molar-refractivity contribution in [3.63, 3.8) is 0 Å². The van der Waals surface area contributed by atoms with Crippen LogP contribution in [0.25, 0.3) is 11.3 Å². The highest BCUT2D eigenvalue weighted by Gasteiger charge is 2.15. The molecule has 0 saturated carbocycles. The highest BCUT2D eigenvalue weighted by molar-refractivity contribution is 5.57. The number of aliphatic hydroxyl groups is 1. The highest BCUT2D eigenvalue weighted by atomic mass is 19.1. The van der Waals surface area contributed by atoms with Crippen molar-refractivity contribution in [3.8, 4) is 11.3 Å². The van der Waals surface area contributed by atoms with E-state index in [-0.39, 0.29) is 17.9 Å². The maximum atomic E-state index is 12.9.